The van der Waals surface area contributed by atoms with Gasteiger partial charge in [-0.3, -0.25) is 4.79 Å². The van der Waals surface area contributed by atoms with Crippen LogP contribution in [0.5, 0.6) is 0 Å². The number of likely N-dealkylation sites (N-methyl/N-ethyl adjacent to an activating group) is 1. The first kappa shape index (κ1) is 12.7. The number of nitrogens with zero attached hydrogens (tertiary/aromatic N) is 1. The number of cyclic esters (lactones) is 1. The average Bonchev–Trinajstić information content (AvgIpc) is 2.66. The topological polar surface area (TPSA) is 58.6 Å². The second-order valence-corrected chi connectivity index (χ2v) is 4.48. The standard InChI is InChI=1S/C12H13ClN2O3/c1-15-7-8(18-12(15)17)6-14-11(16)9-4-2-3-5-10(9)13/h2-5,8H,6-7H2,1H3,(H,14,16). The van der Waals surface area contributed by atoms with Crippen LogP contribution in [0.3, 0.4) is 0 Å². The molecule has 0 saturated carbocycles. The van der Waals surface area contributed by atoms with Gasteiger partial charge in [-0.2, -0.15) is 0 Å². The number of carbonyl (C=O) groups is 2. The van der Waals surface area contributed by atoms with Gasteiger partial charge in [-0.1, -0.05) is 23.7 Å². The van der Waals surface area contributed by atoms with Crippen molar-refractivity contribution in [3.05, 3.63) is 34.9 Å². The minimum atomic E-state index is -0.369. The van der Waals surface area contributed by atoms with Gasteiger partial charge in [-0.25, -0.2) is 4.79 Å². The van der Waals surface area contributed by atoms with Crippen molar-refractivity contribution in [1.82, 2.24) is 10.2 Å². The van der Waals surface area contributed by atoms with Crippen LogP contribution in [0.15, 0.2) is 24.3 Å². The highest BCUT2D eigenvalue weighted by Gasteiger charge is 2.28. The molecule has 1 saturated heterocycles. The minimum Gasteiger partial charge on any atom is -0.442 e. The van der Waals surface area contributed by atoms with Gasteiger partial charge < -0.3 is 15.0 Å². The van der Waals surface area contributed by atoms with Crippen LogP contribution in [0.25, 0.3) is 0 Å². The van der Waals surface area contributed by atoms with Gasteiger partial charge >= 0.3 is 6.09 Å². The first-order valence-corrected chi connectivity index (χ1v) is 5.90. The fourth-order valence-electron chi connectivity index (χ4n) is 1.70. The van der Waals surface area contributed by atoms with Crippen LogP contribution in [-0.4, -0.2) is 43.1 Å². The quantitative estimate of drug-likeness (QED) is 0.904. The van der Waals surface area contributed by atoms with E-state index in [4.69, 9.17) is 16.3 Å². The Morgan fingerprint density at radius 3 is 2.89 bits per heavy atom. The number of ether oxygens (including phenoxy) is 1. The molecule has 2 rings (SSSR count). The van der Waals surface area contributed by atoms with Crippen LogP contribution < -0.4 is 5.32 Å². The lowest BCUT2D eigenvalue weighted by atomic mass is 10.2. The number of hydrogen-bond donors (Lipinski definition) is 1. The molecule has 6 heteroatoms. The van der Waals surface area contributed by atoms with Crippen LogP contribution in [0.4, 0.5) is 4.79 Å². The van der Waals surface area contributed by atoms with Gasteiger partial charge in [0.1, 0.15) is 6.10 Å². The molecule has 1 aliphatic rings. The Hall–Kier alpha value is -1.75. The number of benzene rings is 1. The molecule has 0 aromatic heterocycles. The smallest absolute Gasteiger partial charge is 0.410 e. The highest BCUT2D eigenvalue weighted by molar-refractivity contribution is 6.33. The summed E-state index contributed by atoms with van der Waals surface area (Å²) in [5.41, 5.74) is 0.414. The molecule has 0 bridgehead atoms. The molecule has 0 aliphatic carbocycles. The van der Waals surface area contributed by atoms with Crippen molar-refractivity contribution in [3.8, 4) is 0 Å². The van der Waals surface area contributed by atoms with Crippen LogP contribution in [0.2, 0.25) is 5.02 Å². The molecule has 1 heterocycles. The predicted octanol–water partition coefficient (Wildman–Crippen LogP) is 1.52. The summed E-state index contributed by atoms with van der Waals surface area (Å²) in [5, 5.41) is 3.09. The Morgan fingerprint density at radius 2 is 2.28 bits per heavy atom. The van der Waals surface area contributed by atoms with Crippen molar-refractivity contribution < 1.29 is 14.3 Å². The molecule has 18 heavy (non-hydrogen) atoms. The van der Waals surface area contributed by atoms with E-state index in [1.165, 1.54) is 4.90 Å². The summed E-state index contributed by atoms with van der Waals surface area (Å²) in [6.07, 6.45) is -0.680. The van der Waals surface area contributed by atoms with E-state index in [1.807, 2.05) is 0 Å². The van der Waals surface area contributed by atoms with E-state index in [0.717, 1.165) is 0 Å². The molecule has 1 aromatic carbocycles. The van der Waals surface area contributed by atoms with E-state index in [-0.39, 0.29) is 24.6 Å². The third kappa shape index (κ3) is 2.73. The first-order valence-electron chi connectivity index (χ1n) is 5.52. The van der Waals surface area contributed by atoms with Crippen molar-refractivity contribution in [2.75, 3.05) is 20.1 Å². The van der Waals surface area contributed by atoms with Gasteiger partial charge in [0, 0.05) is 7.05 Å². The highest BCUT2D eigenvalue weighted by atomic mass is 35.5. The Labute approximate surface area is 110 Å². The minimum absolute atomic E-state index is 0.272. The molecular formula is C12H13ClN2O3. The van der Waals surface area contributed by atoms with Crippen LogP contribution >= 0.6 is 11.6 Å². The summed E-state index contributed by atoms with van der Waals surface area (Å²) in [4.78, 5) is 24.4. The largest absolute Gasteiger partial charge is 0.442 e. The summed E-state index contributed by atoms with van der Waals surface area (Å²) in [5.74, 6) is -0.272. The fourth-order valence-corrected chi connectivity index (χ4v) is 1.92. The molecule has 96 valence electrons. The van der Waals surface area contributed by atoms with Gasteiger partial charge in [-0.15, -0.1) is 0 Å². The zero-order valence-electron chi connectivity index (χ0n) is 9.85. The van der Waals surface area contributed by atoms with E-state index in [1.54, 1.807) is 31.3 Å². The Balaban J connectivity index is 1.90. The lowest BCUT2D eigenvalue weighted by Crippen LogP contribution is -2.34. The lowest BCUT2D eigenvalue weighted by Gasteiger charge is -2.10. The van der Waals surface area contributed by atoms with E-state index in [0.29, 0.717) is 17.1 Å². The Kier molecular flexibility index (Phi) is 3.72. The third-order valence-corrected chi connectivity index (χ3v) is 3.00. The number of carbonyl (C=O) groups excluding carboxylic acids is 2. The number of halogens is 1. The van der Waals surface area contributed by atoms with Gasteiger partial charge in [0.05, 0.1) is 23.7 Å². The zero-order valence-corrected chi connectivity index (χ0v) is 10.6. The zero-order chi connectivity index (χ0) is 13.1. The number of nitrogens with one attached hydrogen (secondary N) is 1. The first-order chi connectivity index (χ1) is 8.58. The summed E-state index contributed by atoms with van der Waals surface area (Å²) in [6.45, 7) is 0.752. The number of amides is 2. The molecular weight excluding hydrogens is 256 g/mol. The van der Waals surface area contributed by atoms with E-state index in [9.17, 15) is 9.59 Å². The van der Waals surface area contributed by atoms with Crippen molar-refractivity contribution in [3.63, 3.8) is 0 Å². The molecule has 1 aromatic rings. The monoisotopic (exact) mass is 268 g/mol. The Bertz CT molecular complexity index is 478. The third-order valence-electron chi connectivity index (χ3n) is 2.67. The van der Waals surface area contributed by atoms with Crippen LogP contribution in [0, 0.1) is 0 Å². The van der Waals surface area contributed by atoms with Crippen molar-refractivity contribution >= 4 is 23.6 Å². The molecule has 1 aliphatic heterocycles. The van der Waals surface area contributed by atoms with E-state index >= 15 is 0 Å². The molecule has 1 N–H and O–H groups in total. The van der Waals surface area contributed by atoms with Crippen molar-refractivity contribution in [2.24, 2.45) is 0 Å². The summed E-state index contributed by atoms with van der Waals surface area (Å²) in [6, 6.07) is 6.79. The number of rotatable bonds is 3. The maximum absolute atomic E-state index is 11.8. The van der Waals surface area contributed by atoms with Crippen LogP contribution in [0.1, 0.15) is 10.4 Å². The van der Waals surface area contributed by atoms with Crippen molar-refractivity contribution in [2.45, 2.75) is 6.10 Å². The summed E-state index contributed by atoms with van der Waals surface area (Å²) in [7, 11) is 1.65. The highest BCUT2D eigenvalue weighted by Crippen LogP contribution is 2.14. The summed E-state index contributed by atoms with van der Waals surface area (Å²) < 4.78 is 5.03. The predicted molar refractivity (Wildman–Crippen MR) is 66.7 cm³/mol. The van der Waals surface area contributed by atoms with E-state index < -0.39 is 0 Å². The molecule has 5 nitrogen and oxygen atoms in total. The van der Waals surface area contributed by atoms with E-state index in [2.05, 4.69) is 5.32 Å². The van der Waals surface area contributed by atoms with Crippen molar-refractivity contribution in [1.29, 1.82) is 0 Å². The maximum atomic E-state index is 11.8. The normalized spacial score (nSPS) is 18.7. The second kappa shape index (κ2) is 5.27. The number of hydrogen-bond acceptors (Lipinski definition) is 3. The maximum Gasteiger partial charge on any atom is 0.410 e. The molecule has 1 atom stereocenters. The molecule has 1 fully saturated rings. The SMILES string of the molecule is CN1CC(CNC(=O)c2ccccc2Cl)OC1=O. The van der Waals surface area contributed by atoms with Gasteiger partial charge in [0.15, 0.2) is 0 Å². The van der Waals surface area contributed by atoms with Gasteiger partial charge in [-0.05, 0) is 12.1 Å². The fraction of sp³-hybridized carbons (Fsp3) is 0.333. The Morgan fingerprint density at radius 1 is 1.56 bits per heavy atom. The van der Waals surface area contributed by atoms with Crippen LogP contribution in [-0.2, 0) is 4.74 Å². The molecule has 1 unspecified atom stereocenters. The van der Waals surface area contributed by atoms with Gasteiger partial charge in [0.2, 0.25) is 0 Å². The lowest BCUT2D eigenvalue weighted by molar-refractivity contribution is 0.0915. The molecule has 2 amide bonds. The summed E-state index contributed by atoms with van der Waals surface area (Å²) >= 11 is 5.91. The molecule has 0 radical (unpaired) electrons. The average molecular weight is 269 g/mol. The second-order valence-electron chi connectivity index (χ2n) is 4.08. The molecule has 0 spiro atoms. The van der Waals surface area contributed by atoms with Gasteiger partial charge in [0.25, 0.3) is 5.91 Å².